The van der Waals surface area contributed by atoms with Gasteiger partial charge in [-0.1, -0.05) is 54.6 Å². The van der Waals surface area contributed by atoms with Crippen LogP contribution in [0.3, 0.4) is 0 Å². The lowest BCUT2D eigenvalue weighted by atomic mass is 9.98. The number of fused-ring (bicyclic) bond motifs is 3. The summed E-state index contributed by atoms with van der Waals surface area (Å²) in [6.45, 7) is 3.75. The summed E-state index contributed by atoms with van der Waals surface area (Å²) in [6, 6.07) is 18.4. The summed E-state index contributed by atoms with van der Waals surface area (Å²) in [5, 5.41) is 0. The number of allylic oxidation sites excluding steroid dienone is 3. The zero-order valence-electron chi connectivity index (χ0n) is 18.4. The highest BCUT2D eigenvalue weighted by Gasteiger charge is 2.35. The molecule has 5 heteroatoms. The van der Waals surface area contributed by atoms with E-state index in [-0.39, 0.29) is 11.6 Å². The molecule has 166 valence electrons. The van der Waals surface area contributed by atoms with Crippen molar-refractivity contribution in [2.75, 3.05) is 13.3 Å². The zero-order chi connectivity index (χ0) is 22.8. The Hall–Kier alpha value is -3.70. The summed E-state index contributed by atoms with van der Waals surface area (Å²) < 4.78 is 25.2. The third-order valence-corrected chi connectivity index (χ3v) is 5.95. The molecule has 5 rings (SSSR count). The normalized spacial score (nSPS) is 16.5. The number of ketones is 1. The zero-order valence-corrected chi connectivity index (χ0v) is 18.4. The number of nitrogens with zero attached hydrogens (tertiary/aromatic N) is 1. The van der Waals surface area contributed by atoms with Crippen LogP contribution in [0.5, 0.6) is 11.5 Å². The quantitative estimate of drug-likeness (QED) is 0.476. The topological polar surface area (TPSA) is 38.8 Å². The molecule has 3 aromatic carbocycles. The average molecular weight is 442 g/mol. The van der Waals surface area contributed by atoms with Gasteiger partial charge in [0, 0.05) is 13.1 Å². The van der Waals surface area contributed by atoms with Gasteiger partial charge in [-0.05, 0) is 54.3 Å². The Morgan fingerprint density at radius 2 is 1.88 bits per heavy atom. The van der Waals surface area contributed by atoms with Crippen LogP contribution in [-0.2, 0) is 13.0 Å². The molecule has 0 amide bonds. The Morgan fingerprint density at radius 3 is 2.67 bits per heavy atom. The average Bonchev–Trinajstić information content (AvgIpc) is 3.17. The fourth-order valence-corrected chi connectivity index (χ4v) is 4.18. The van der Waals surface area contributed by atoms with Crippen LogP contribution in [0.4, 0.5) is 4.39 Å². The van der Waals surface area contributed by atoms with Crippen molar-refractivity contribution in [1.82, 2.24) is 4.90 Å². The van der Waals surface area contributed by atoms with Crippen LogP contribution in [0, 0.1) is 12.7 Å². The summed E-state index contributed by atoms with van der Waals surface area (Å²) in [5.41, 5.74) is 4.47. The van der Waals surface area contributed by atoms with Crippen molar-refractivity contribution in [1.29, 1.82) is 0 Å². The molecule has 4 nitrogen and oxygen atoms in total. The summed E-state index contributed by atoms with van der Waals surface area (Å²) in [4.78, 5) is 15.2. The number of hydrogen-bond acceptors (Lipinski definition) is 4. The highest BCUT2D eigenvalue weighted by molar-refractivity contribution is 6.14. The van der Waals surface area contributed by atoms with E-state index < -0.39 is 0 Å². The molecule has 0 aromatic heterocycles. The van der Waals surface area contributed by atoms with Crippen LogP contribution in [0.2, 0.25) is 0 Å². The number of ether oxygens (including phenoxy) is 2. The van der Waals surface area contributed by atoms with E-state index in [9.17, 15) is 9.18 Å². The van der Waals surface area contributed by atoms with Crippen molar-refractivity contribution in [3.63, 3.8) is 0 Å². The fourth-order valence-electron chi connectivity index (χ4n) is 4.18. The van der Waals surface area contributed by atoms with Gasteiger partial charge in [0.05, 0.1) is 11.1 Å². The third-order valence-electron chi connectivity index (χ3n) is 5.95. The van der Waals surface area contributed by atoms with Gasteiger partial charge >= 0.3 is 0 Å². The summed E-state index contributed by atoms with van der Waals surface area (Å²) in [5.74, 6) is 1.34. The first kappa shape index (κ1) is 21.2. The van der Waals surface area contributed by atoms with Gasteiger partial charge in [0.15, 0.2) is 5.76 Å². The molecular formula is C28H24FNO3. The molecule has 2 heterocycles. The van der Waals surface area contributed by atoms with Crippen molar-refractivity contribution < 1.29 is 18.7 Å². The minimum atomic E-state index is -0.232. The van der Waals surface area contributed by atoms with Crippen LogP contribution in [0.15, 0.2) is 78.6 Å². The lowest BCUT2D eigenvalue weighted by molar-refractivity contribution is 0.0949. The molecule has 2 aliphatic heterocycles. The number of rotatable bonds is 5. The van der Waals surface area contributed by atoms with Gasteiger partial charge in [-0.2, -0.15) is 0 Å². The van der Waals surface area contributed by atoms with Crippen LogP contribution >= 0.6 is 0 Å². The molecule has 0 saturated carbocycles. The molecule has 0 aliphatic carbocycles. The Bertz CT molecular complexity index is 1250. The first-order valence-corrected chi connectivity index (χ1v) is 11.0. The number of Topliss-reactive ketones (excluding diaryl/α,β-unsaturated/α-hetero) is 1. The molecule has 3 aromatic rings. The molecule has 0 bridgehead atoms. The number of aryl methyl sites for hydroxylation is 1. The summed E-state index contributed by atoms with van der Waals surface area (Å²) in [7, 11) is 0. The molecule has 0 unspecified atom stereocenters. The van der Waals surface area contributed by atoms with Gasteiger partial charge in [-0.25, -0.2) is 4.39 Å². The largest absolute Gasteiger partial charge is 0.478 e. The Balaban J connectivity index is 1.34. The van der Waals surface area contributed by atoms with Crippen LogP contribution in [0.1, 0.15) is 32.6 Å². The van der Waals surface area contributed by atoms with Crippen molar-refractivity contribution in [2.24, 2.45) is 0 Å². The molecule has 33 heavy (non-hydrogen) atoms. The third kappa shape index (κ3) is 4.45. The minimum Gasteiger partial charge on any atom is -0.478 e. The monoisotopic (exact) mass is 441 g/mol. The maximum absolute atomic E-state index is 13.2. The maximum Gasteiger partial charge on any atom is 0.232 e. The lowest BCUT2D eigenvalue weighted by Crippen LogP contribution is -2.33. The smallest absolute Gasteiger partial charge is 0.232 e. The van der Waals surface area contributed by atoms with Gasteiger partial charge in [0.25, 0.3) is 0 Å². The number of benzene rings is 3. The molecule has 2 aliphatic rings. The second-order valence-corrected chi connectivity index (χ2v) is 8.31. The van der Waals surface area contributed by atoms with Gasteiger partial charge in [0.1, 0.15) is 24.0 Å². The number of carbonyl (C=O) groups excluding carboxylic acids is 1. The predicted octanol–water partition coefficient (Wildman–Crippen LogP) is 5.70. The van der Waals surface area contributed by atoms with Gasteiger partial charge in [0.2, 0.25) is 5.78 Å². The van der Waals surface area contributed by atoms with Crippen molar-refractivity contribution in [3.05, 3.63) is 112 Å². The summed E-state index contributed by atoms with van der Waals surface area (Å²) >= 11 is 0. The van der Waals surface area contributed by atoms with Gasteiger partial charge in [-0.3, -0.25) is 9.69 Å². The standard InChI is InChI=1S/C28H24FNO3/c1-19-16-25-23(17-30(18-32-25)15-14-21-10-12-22(29)13-11-21)28-26(19)27(31)24(33-28)9-5-8-20-6-3-2-4-7-20/h2-13,16H,14-15,17-18H2,1H3/b8-5+,24-9-. The van der Waals surface area contributed by atoms with Crippen LogP contribution in [0.25, 0.3) is 6.08 Å². The number of hydrogen-bond donors (Lipinski definition) is 0. The van der Waals surface area contributed by atoms with Crippen molar-refractivity contribution in [3.8, 4) is 11.5 Å². The van der Waals surface area contributed by atoms with Crippen molar-refractivity contribution in [2.45, 2.75) is 19.9 Å². The van der Waals surface area contributed by atoms with E-state index in [2.05, 4.69) is 4.90 Å². The first-order chi connectivity index (χ1) is 16.1. The second-order valence-electron chi connectivity index (χ2n) is 8.31. The molecule has 0 N–H and O–H groups in total. The molecule has 0 spiro atoms. The van der Waals surface area contributed by atoms with Crippen LogP contribution in [-0.4, -0.2) is 24.0 Å². The number of halogens is 1. The Morgan fingerprint density at radius 1 is 1.09 bits per heavy atom. The molecule has 0 saturated heterocycles. The fraction of sp³-hybridized carbons (Fsp3) is 0.179. The van der Waals surface area contributed by atoms with E-state index in [0.29, 0.717) is 30.3 Å². The van der Waals surface area contributed by atoms with Crippen molar-refractivity contribution >= 4 is 11.9 Å². The van der Waals surface area contributed by atoms with E-state index in [1.54, 1.807) is 18.2 Å². The van der Waals surface area contributed by atoms with Gasteiger partial charge < -0.3 is 9.47 Å². The SMILES string of the molecule is Cc1cc2c(c3c1C(=O)/C(=C/C=C/c1ccccc1)O3)CN(CCc1ccc(F)cc1)CO2. The van der Waals surface area contributed by atoms with Gasteiger partial charge in [-0.15, -0.1) is 0 Å². The predicted molar refractivity (Wildman–Crippen MR) is 126 cm³/mol. The van der Waals surface area contributed by atoms with E-state index in [1.165, 1.54) is 12.1 Å². The van der Waals surface area contributed by atoms with E-state index in [4.69, 9.17) is 9.47 Å². The van der Waals surface area contributed by atoms with E-state index in [1.807, 2.05) is 55.5 Å². The number of carbonyl (C=O) groups is 1. The second kappa shape index (κ2) is 9.04. The maximum atomic E-state index is 13.2. The van der Waals surface area contributed by atoms with E-state index in [0.717, 1.165) is 41.0 Å². The molecule has 0 fully saturated rings. The Kier molecular flexibility index (Phi) is 5.80. The highest BCUT2D eigenvalue weighted by Crippen LogP contribution is 2.43. The molecular weight excluding hydrogens is 417 g/mol. The molecule has 0 atom stereocenters. The minimum absolute atomic E-state index is 0.105. The first-order valence-electron chi connectivity index (χ1n) is 11.0. The van der Waals surface area contributed by atoms with Crippen LogP contribution < -0.4 is 9.47 Å². The lowest BCUT2D eigenvalue weighted by Gasteiger charge is -2.30. The highest BCUT2D eigenvalue weighted by atomic mass is 19.1. The molecule has 0 radical (unpaired) electrons. The summed E-state index contributed by atoms with van der Waals surface area (Å²) in [6.07, 6.45) is 6.27. The van der Waals surface area contributed by atoms with E-state index >= 15 is 0 Å². The Labute approximate surface area is 192 Å².